The van der Waals surface area contributed by atoms with Gasteiger partial charge in [0.25, 0.3) is 0 Å². The zero-order chi connectivity index (χ0) is 14.0. The average molecular weight is 281 g/mol. The van der Waals surface area contributed by atoms with Gasteiger partial charge in [-0.05, 0) is 18.8 Å². The first-order chi connectivity index (χ1) is 8.33. The summed E-state index contributed by atoms with van der Waals surface area (Å²) in [5, 5.41) is 8.39. The Morgan fingerprint density at radius 3 is 2.56 bits per heavy atom. The number of carbonyl (C=O) groups is 1. The molecule has 18 heavy (non-hydrogen) atoms. The van der Waals surface area contributed by atoms with Crippen LogP contribution in [0.1, 0.15) is 33.1 Å². The molecule has 0 aromatic heterocycles. The number of hydrogen-bond acceptors (Lipinski definition) is 4. The van der Waals surface area contributed by atoms with Crippen LogP contribution in [0, 0.1) is 5.92 Å². The minimum absolute atomic E-state index is 0.124. The maximum Gasteiger partial charge on any atom is 0.303 e. The standard InChI is InChI=1S/C11H23NO5S/c1-10(2)5-7-17-8-6-12-18(15,16)9-3-4-11(13)14/h10,12H,3-9H2,1-2H3,(H,13,14). The fourth-order valence-corrected chi connectivity index (χ4v) is 2.24. The van der Waals surface area contributed by atoms with Crippen LogP contribution in [0.2, 0.25) is 0 Å². The van der Waals surface area contributed by atoms with Crippen molar-refractivity contribution in [2.24, 2.45) is 5.92 Å². The minimum Gasteiger partial charge on any atom is -0.481 e. The van der Waals surface area contributed by atoms with Crippen LogP contribution in [0.25, 0.3) is 0 Å². The lowest BCUT2D eigenvalue weighted by Gasteiger charge is -2.08. The van der Waals surface area contributed by atoms with Crippen molar-refractivity contribution < 1.29 is 23.1 Å². The molecule has 0 saturated heterocycles. The van der Waals surface area contributed by atoms with Gasteiger partial charge in [-0.3, -0.25) is 4.79 Å². The fourth-order valence-electron chi connectivity index (χ4n) is 1.18. The number of nitrogens with one attached hydrogen (secondary N) is 1. The molecule has 0 aromatic rings. The van der Waals surface area contributed by atoms with Crippen molar-refractivity contribution >= 4 is 16.0 Å². The first-order valence-electron chi connectivity index (χ1n) is 6.10. The molecule has 0 atom stereocenters. The van der Waals surface area contributed by atoms with Crippen molar-refractivity contribution in [3.63, 3.8) is 0 Å². The van der Waals surface area contributed by atoms with E-state index in [0.717, 1.165) is 6.42 Å². The molecule has 0 fully saturated rings. The van der Waals surface area contributed by atoms with E-state index in [1.807, 2.05) is 0 Å². The van der Waals surface area contributed by atoms with Crippen LogP contribution >= 0.6 is 0 Å². The van der Waals surface area contributed by atoms with Gasteiger partial charge >= 0.3 is 5.97 Å². The van der Waals surface area contributed by atoms with Gasteiger partial charge in [-0.15, -0.1) is 0 Å². The van der Waals surface area contributed by atoms with Crippen molar-refractivity contribution in [1.82, 2.24) is 4.72 Å². The predicted molar refractivity (Wildman–Crippen MR) is 68.9 cm³/mol. The second-order valence-electron chi connectivity index (χ2n) is 4.51. The number of hydrogen-bond donors (Lipinski definition) is 2. The highest BCUT2D eigenvalue weighted by molar-refractivity contribution is 7.89. The first kappa shape index (κ1) is 17.3. The Balaban J connectivity index is 3.55. The summed E-state index contributed by atoms with van der Waals surface area (Å²) in [6, 6.07) is 0. The third-order valence-electron chi connectivity index (χ3n) is 2.21. The Labute approximate surface area is 109 Å². The zero-order valence-corrected chi connectivity index (χ0v) is 11.8. The SMILES string of the molecule is CC(C)CCOCCNS(=O)(=O)CCCC(=O)O. The van der Waals surface area contributed by atoms with Gasteiger partial charge in [0.05, 0.1) is 12.4 Å². The summed E-state index contributed by atoms with van der Waals surface area (Å²) >= 11 is 0. The van der Waals surface area contributed by atoms with Gasteiger partial charge in [-0.1, -0.05) is 13.8 Å². The molecule has 108 valence electrons. The number of sulfonamides is 1. The summed E-state index contributed by atoms with van der Waals surface area (Å²) < 4.78 is 30.4. The molecule has 0 radical (unpaired) electrons. The second kappa shape index (κ2) is 9.29. The monoisotopic (exact) mass is 281 g/mol. The molecule has 0 aromatic carbocycles. The van der Waals surface area contributed by atoms with E-state index in [0.29, 0.717) is 19.1 Å². The topological polar surface area (TPSA) is 92.7 Å². The molecule has 0 bridgehead atoms. The highest BCUT2D eigenvalue weighted by atomic mass is 32.2. The van der Waals surface area contributed by atoms with Crippen LogP contribution < -0.4 is 4.72 Å². The van der Waals surface area contributed by atoms with Gasteiger partial charge < -0.3 is 9.84 Å². The highest BCUT2D eigenvalue weighted by Gasteiger charge is 2.10. The van der Waals surface area contributed by atoms with Crippen LogP contribution in [-0.2, 0) is 19.6 Å². The molecule has 0 heterocycles. The lowest BCUT2D eigenvalue weighted by atomic mass is 10.1. The predicted octanol–water partition coefficient (Wildman–Crippen LogP) is 0.833. The van der Waals surface area contributed by atoms with Gasteiger partial charge in [-0.25, -0.2) is 13.1 Å². The molecular weight excluding hydrogens is 258 g/mol. The third-order valence-corrected chi connectivity index (χ3v) is 3.68. The summed E-state index contributed by atoms with van der Waals surface area (Å²) in [5.74, 6) is -0.578. The Hall–Kier alpha value is -0.660. The quantitative estimate of drug-likeness (QED) is 0.547. The Bertz CT molecular complexity index is 326. The molecule has 0 amide bonds. The number of rotatable bonds is 11. The Kier molecular flexibility index (Phi) is 8.95. The molecule has 0 aliphatic carbocycles. The van der Waals surface area contributed by atoms with Gasteiger partial charge in [0.1, 0.15) is 0 Å². The smallest absolute Gasteiger partial charge is 0.303 e. The average Bonchev–Trinajstić information content (AvgIpc) is 2.21. The van der Waals surface area contributed by atoms with Crippen LogP contribution in [0.3, 0.4) is 0 Å². The van der Waals surface area contributed by atoms with E-state index in [9.17, 15) is 13.2 Å². The molecule has 0 saturated carbocycles. The number of carboxylic acids is 1. The fraction of sp³-hybridized carbons (Fsp3) is 0.909. The molecule has 0 spiro atoms. The number of aliphatic carboxylic acids is 1. The summed E-state index contributed by atoms with van der Waals surface area (Å²) in [5.41, 5.74) is 0. The molecule has 0 aliphatic rings. The van der Waals surface area contributed by atoms with Crippen molar-refractivity contribution in [2.45, 2.75) is 33.1 Å². The van der Waals surface area contributed by atoms with Crippen LogP contribution in [0.5, 0.6) is 0 Å². The summed E-state index contributed by atoms with van der Waals surface area (Å²) in [6.07, 6.45) is 0.941. The number of carboxylic acid groups (broad SMARTS) is 1. The van der Waals surface area contributed by atoms with Gasteiger partial charge in [0.2, 0.25) is 10.0 Å². The van der Waals surface area contributed by atoms with Gasteiger partial charge in [-0.2, -0.15) is 0 Å². The Morgan fingerprint density at radius 2 is 2.00 bits per heavy atom. The Morgan fingerprint density at radius 1 is 1.33 bits per heavy atom. The van der Waals surface area contributed by atoms with E-state index >= 15 is 0 Å². The maximum atomic E-state index is 11.4. The van der Waals surface area contributed by atoms with Crippen LogP contribution in [-0.4, -0.2) is 45.0 Å². The highest BCUT2D eigenvalue weighted by Crippen LogP contribution is 1.98. The van der Waals surface area contributed by atoms with E-state index in [1.54, 1.807) is 0 Å². The third kappa shape index (κ3) is 11.8. The molecule has 0 rings (SSSR count). The van der Waals surface area contributed by atoms with Gasteiger partial charge in [0, 0.05) is 19.6 Å². The van der Waals surface area contributed by atoms with E-state index in [1.165, 1.54) is 0 Å². The molecular formula is C11H23NO5S. The molecule has 0 aliphatic heterocycles. The second-order valence-corrected chi connectivity index (χ2v) is 6.43. The van der Waals surface area contributed by atoms with Crippen molar-refractivity contribution in [2.75, 3.05) is 25.5 Å². The molecule has 2 N–H and O–H groups in total. The van der Waals surface area contributed by atoms with Crippen LogP contribution in [0.4, 0.5) is 0 Å². The summed E-state index contributed by atoms with van der Waals surface area (Å²) in [7, 11) is -3.37. The molecule has 0 unspecified atom stereocenters. The van der Waals surface area contributed by atoms with E-state index in [-0.39, 0.29) is 25.1 Å². The van der Waals surface area contributed by atoms with Crippen molar-refractivity contribution in [3.8, 4) is 0 Å². The summed E-state index contributed by atoms with van der Waals surface area (Å²) in [4.78, 5) is 10.2. The largest absolute Gasteiger partial charge is 0.481 e. The molecule has 7 heteroatoms. The zero-order valence-electron chi connectivity index (χ0n) is 11.0. The molecule has 6 nitrogen and oxygen atoms in total. The summed E-state index contributed by atoms with van der Waals surface area (Å²) in [6.45, 7) is 5.37. The van der Waals surface area contributed by atoms with E-state index in [2.05, 4.69) is 18.6 Å². The van der Waals surface area contributed by atoms with Crippen molar-refractivity contribution in [3.05, 3.63) is 0 Å². The normalized spacial score (nSPS) is 11.9. The minimum atomic E-state index is -3.37. The van der Waals surface area contributed by atoms with Gasteiger partial charge in [0.15, 0.2) is 0 Å². The first-order valence-corrected chi connectivity index (χ1v) is 7.75. The van der Waals surface area contributed by atoms with E-state index < -0.39 is 16.0 Å². The van der Waals surface area contributed by atoms with Crippen LogP contribution in [0.15, 0.2) is 0 Å². The van der Waals surface area contributed by atoms with Crippen molar-refractivity contribution in [1.29, 1.82) is 0 Å². The lowest BCUT2D eigenvalue weighted by Crippen LogP contribution is -2.30. The van der Waals surface area contributed by atoms with E-state index in [4.69, 9.17) is 9.84 Å². The number of ether oxygens (including phenoxy) is 1. The maximum absolute atomic E-state index is 11.4. The lowest BCUT2D eigenvalue weighted by molar-refractivity contribution is -0.137.